The highest BCUT2D eigenvalue weighted by Crippen LogP contribution is 2.26. The summed E-state index contributed by atoms with van der Waals surface area (Å²) in [6, 6.07) is 17.1. The fraction of sp³-hybridized carbons (Fsp3) is 0.176. The van der Waals surface area contributed by atoms with Crippen molar-refractivity contribution < 1.29 is 0 Å². The molecule has 0 spiro atoms. The standard InChI is InChI=1S/C17H15BrN2O/c1-2-14(18)16-19-15-11-7-6-10-13(15)17(21)20(16)12-8-4-3-5-9-12/h3-11,14H,2H2,1H3/t14-/m0/s1. The molecule has 0 saturated carbocycles. The molecule has 21 heavy (non-hydrogen) atoms. The molecule has 0 aliphatic carbocycles. The van der Waals surface area contributed by atoms with Crippen LogP contribution < -0.4 is 5.56 Å². The van der Waals surface area contributed by atoms with Crippen molar-refractivity contribution >= 4 is 26.8 Å². The summed E-state index contributed by atoms with van der Waals surface area (Å²) in [7, 11) is 0. The predicted molar refractivity (Wildman–Crippen MR) is 89.3 cm³/mol. The maximum Gasteiger partial charge on any atom is 0.265 e. The van der Waals surface area contributed by atoms with Gasteiger partial charge in [-0.25, -0.2) is 4.98 Å². The maximum absolute atomic E-state index is 12.9. The van der Waals surface area contributed by atoms with Gasteiger partial charge in [0.25, 0.3) is 5.56 Å². The molecular weight excluding hydrogens is 328 g/mol. The first-order valence-corrected chi connectivity index (χ1v) is 7.85. The highest BCUT2D eigenvalue weighted by molar-refractivity contribution is 9.09. The molecule has 0 radical (unpaired) electrons. The van der Waals surface area contributed by atoms with Gasteiger partial charge in [0.2, 0.25) is 0 Å². The van der Waals surface area contributed by atoms with Gasteiger partial charge < -0.3 is 0 Å². The topological polar surface area (TPSA) is 34.9 Å². The van der Waals surface area contributed by atoms with Gasteiger partial charge in [-0.2, -0.15) is 0 Å². The van der Waals surface area contributed by atoms with Crippen molar-refractivity contribution in [3.8, 4) is 5.69 Å². The van der Waals surface area contributed by atoms with Crippen molar-refractivity contribution in [2.24, 2.45) is 0 Å². The summed E-state index contributed by atoms with van der Waals surface area (Å²) in [6.07, 6.45) is 0.859. The zero-order valence-electron chi connectivity index (χ0n) is 11.7. The van der Waals surface area contributed by atoms with E-state index in [9.17, 15) is 4.79 Å². The van der Waals surface area contributed by atoms with Crippen LogP contribution in [0, 0.1) is 0 Å². The van der Waals surface area contributed by atoms with Crippen LogP contribution in [-0.2, 0) is 0 Å². The number of hydrogen-bond donors (Lipinski definition) is 0. The molecule has 0 unspecified atom stereocenters. The number of hydrogen-bond acceptors (Lipinski definition) is 2. The van der Waals surface area contributed by atoms with E-state index in [-0.39, 0.29) is 10.4 Å². The van der Waals surface area contributed by atoms with Crippen LogP contribution in [0.15, 0.2) is 59.4 Å². The molecule has 0 amide bonds. The molecule has 0 fully saturated rings. The highest BCUT2D eigenvalue weighted by Gasteiger charge is 2.17. The minimum atomic E-state index is -0.0281. The molecule has 4 heteroatoms. The Hall–Kier alpha value is -1.94. The lowest BCUT2D eigenvalue weighted by molar-refractivity contribution is 0.768. The van der Waals surface area contributed by atoms with Gasteiger partial charge in [0, 0.05) is 0 Å². The van der Waals surface area contributed by atoms with E-state index in [2.05, 4.69) is 22.9 Å². The number of fused-ring (bicyclic) bond motifs is 1. The summed E-state index contributed by atoms with van der Waals surface area (Å²) >= 11 is 3.63. The number of benzene rings is 2. The summed E-state index contributed by atoms with van der Waals surface area (Å²) < 4.78 is 1.70. The van der Waals surface area contributed by atoms with Crippen LogP contribution in [0.5, 0.6) is 0 Å². The van der Waals surface area contributed by atoms with E-state index in [4.69, 9.17) is 4.98 Å². The molecule has 2 aromatic carbocycles. The molecule has 0 N–H and O–H groups in total. The van der Waals surface area contributed by atoms with Crippen LogP contribution in [0.3, 0.4) is 0 Å². The molecule has 106 valence electrons. The van der Waals surface area contributed by atoms with E-state index in [0.29, 0.717) is 5.39 Å². The van der Waals surface area contributed by atoms with Crippen molar-refractivity contribution in [1.82, 2.24) is 9.55 Å². The number of aromatic nitrogens is 2. The number of nitrogens with zero attached hydrogens (tertiary/aromatic N) is 2. The lowest BCUT2D eigenvalue weighted by Crippen LogP contribution is -2.24. The van der Waals surface area contributed by atoms with Gasteiger partial charge in [-0.15, -0.1) is 0 Å². The van der Waals surface area contributed by atoms with Crippen molar-refractivity contribution in [2.75, 3.05) is 0 Å². The SMILES string of the molecule is CC[C@H](Br)c1nc2ccccc2c(=O)n1-c1ccccc1. The molecule has 1 aromatic heterocycles. The van der Waals surface area contributed by atoms with E-state index < -0.39 is 0 Å². The number of para-hydroxylation sites is 2. The third-order valence-electron chi connectivity index (χ3n) is 3.45. The average molecular weight is 343 g/mol. The van der Waals surface area contributed by atoms with E-state index in [1.165, 1.54) is 0 Å². The Labute approximate surface area is 131 Å². The van der Waals surface area contributed by atoms with Gasteiger partial charge in [0.1, 0.15) is 5.82 Å². The first-order valence-electron chi connectivity index (χ1n) is 6.93. The largest absolute Gasteiger partial charge is 0.268 e. The maximum atomic E-state index is 12.9. The molecule has 3 nitrogen and oxygen atoms in total. The van der Waals surface area contributed by atoms with Crippen LogP contribution in [0.2, 0.25) is 0 Å². The predicted octanol–water partition coefficient (Wildman–Crippen LogP) is 4.23. The highest BCUT2D eigenvalue weighted by atomic mass is 79.9. The number of halogens is 1. The fourth-order valence-corrected chi connectivity index (χ4v) is 2.68. The molecule has 0 bridgehead atoms. The van der Waals surface area contributed by atoms with Crippen molar-refractivity contribution in [3.05, 3.63) is 70.8 Å². The summed E-state index contributed by atoms with van der Waals surface area (Å²) in [5.74, 6) is 0.743. The van der Waals surface area contributed by atoms with Crippen LogP contribution >= 0.6 is 15.9 Å². The molecule has 3 rings (SSSR count). The van der Waals surface area contributed by atoms with Gasteiger partial charge in [-0.05, 0) is 30.7 Å². The van der Waals surface area contributed by atoms with Crippen LogP contribution in [0.1, 0.15) is 24.0 Å². The molecule has 1 atom stereocenters. The van der Waals surface area contributed by atoms with Crippen LogP contribution in [-0.4, -0.2) is 9.55 Å². The Balaban J connectivity index is 2.40. The molecule has 0 saturated heterocycles. The second-order valence-corrected chi connectivity index (χ2v) is 5.94. The summed E-state index contributed by atoms with van der Waals surface area (Å²) in [5, 5.41) is 0.640. The van der Waals surface area contributed by atoms with Crippen molar-refractivity contribution in [3.63, 3.8) is 0 Å². The number of alkyl halides is 1. The summed E-state index contributed by atoms with van der Waals surface area (Å²) in [5.41, 5.74) is 1.55. The van der Waals surface area contributed by atoms with Gasteiger partial charge in [0.05, 0.1) is 21.4 Å². The lowest BCUT2D eigenvalue weighted by atomic mass is 10.2. The Morgan fingerprint density at radius 2 is 1.76 bits per heavy atom. The quantitative estimate of drug-likeness (QED) is 0.667. The van der Waals surface area contributed by atoms with Crippen molar-refractivity contribution in [2.45, 2.75) is 18.2 Å². The van der Waals surface area contributed by atoms with Crippen LogP contribution in [0.4, 0.5) is 0 Å². The molecule has 0 aliphatic rings. The zero-order valence-corrected chi connectivity index (χ0v) is 13.2. The lowest BCUT2D eigenvalue weighted by Gasteiger charge is -2.16. The Morgan fingerprint density at radius 1 is 1.10 bits per heavy atom. The third kappa shape index (κ3) is 2.51. The summed E-state index contributed by atoms with van der Waals surface area (Å²) in [6.45, 7) is 2.07. The van der Waals surface area contributed by atoms with E-state index >= 15 is 0 Å². The Bertz CT molecular complexity index is 827. The molecule has 0 aliphatic heterocycles. The monoisotopic (exact) mass is 342 g/mol. The third-order valence-corrected chi connectivity index (χ3v) is 4.51. The second kappa shape index (κ2) is 5.82. The minimum Gasteiger partial charge on any atom is -0.268 e. The molecule has 3 aromatic rings. The van der Waals surface area contributed by atoms with Gasteiger partial charge in [0.15, 0.2) is 0 Å². The zero-order chi connectivity index (χ0) is 14.8. The van der Waals surface area contributed by atoms with Gasteiger partial charge in [-0.3, -0.25) is 9.36 Å². The van der Waals surface area contributed by atoms with E-state index in [0.717, 1.165) is 23.4 Å². The Morgan fingerprint density at radius 3 is 2.48 bits per heavy atom. The van der Waals surface area contributed by atoms with Gasteiger partial charge in [-0.1, -0.05) is 53.2 Å². The smallest absolute Gasteiger partial charge is 0.265 e. The first kappa shape index (κ1) is 14.0. The number of rotatable bonds is 3. The minimum absolute atomic E-state index is 0.0281. The fourth-order valence-electron chi connectivity index (χ4n) is 2.37. The van der Waals surface area contributed by atoms with Crippen molar-refractivity contribution in [1.29, 1.82) is 0 Å². The van der Waals surface area contributed by atoms with Gasteiger partial charge >= 0.3 is 0 Å². The average Bonchev–Trinajstić information content (AvgIpc) is 2.55. The van der Waals surface area contributed by atoms with E-state index in [1.54, 1.807) is 4.57 Å². The second-order valence-electron chi connectivity index (χ2n) is 4.84. The molecular formula is C17H15BrN2O. The first-order chi connectivity index (χ1) is 10.2. The summed E-state index contributed by atoms with van der Waals surface area (Å²) in [4.78, 5) is 17.6. The molecule has 1 heterocycles. The van der Waals surface area contributed by atoms with Crippen LogP contribution in [0.25, 0.3) is 16.6 Å². The Kier molecular flexibility index (Phi) is 3.88. The normalized spacial score (nSPS) is 12.5. The van der Waals surface area contributed by atoms with E-state index in [1.807, 2.05) is 54.6 Å².